The average molecular weight is 356 g/mol. The Hall–Kier alpha value is -1.89. The van der Waals surface area contributed by atoms with E-state index in [0.717, 1.165) is 4.88 Å². The van der Waals surface area contributed by atoms with Crippen molar-refractivity contribution in [3.05, 3.63) is 56.2 Å². The molecule has 0 aliphatic heterocycles. The summed E-state index contributed by atoms with van der Waals surface area (Å²) in [4.78, 5) is 24.0. The molecule has 5 nitrogen and oxygen atoms in total. The highest BCUT2D eigenvalue weighted by molar-refractivity contribution is 7.11. The second-order valence-corrected chi connectivity index (χ2v) is 5.96. The van der Waals surface area contributed by atoms with Crippen LogP contribution in [0.15, 0.2) is 40.8 Å². The minimum Gasteiger partial charge on any atom is -0.344 e. The van der Waals surface area contributed by atoms with E-state index in [9.17, 15) is 9.59 Å². The van der Waals surface area contributed by atoms with Gasteiger partial charge in [0.15, 0.2) is 0 Å². The molecular formula is C14H11Cl2N3O2S. The largest absolute Gasteiger partial charge is 0.344 e. The first kappa shape index (κ1) is 16.5. The Morgan fingerprint density at radius 3 is 2.73 bits per heavy atom. The van der Waals surface area contributed by atoms with Crippen LogP contribution in [-0.2, 0) is 16.1 Å². The maximum absolute atomic E-state index is 11.6. The fourth-order valence-electron chi connectivity index (χ4n) is 1.49. The number of carbonyl (C=O) groups excluding carboxylic acids is 2. The molecule has 0 saturated heterocycles. The Kier molecular flexibility index (Phi) is 5.94. The lowest BCUT2D eigenvalue weighted by Gasteiger charge is -2.06. The number of benzene rings is 1. The molecule has 1 aromatic carbocycles. The van der Waals surface area contributed by atoms with Gasteiger partial charge in [-0.2, -0.15) is 5.10 Å². The molecular weight excluding hydrogens is 345 g/mol. The van der Waals surface area contributed by atoms with Crippen molar-refractivity contribution in [1.82, 2.24) is 10.7 Å². The van der Waals surface area contributed by atoms with Crippen molar-refractivity contribution < 1.29 is 9.59 Å². The molecule has 8 heteroatoms. The third-order valence-electron chi connectivity index (χ3n) is 2.56. The third-order valence-corrected chi connectivity index (χ3v) is 3.96. The summed E-state index contributed by atoms with van der Waals surface area (Å²) in [5.41, 5.74) is 2.81. The molecule has 1 aromatic heterocycles. The fourth-order valence-corrected chi connectivity index (χ4v) is 2.55. The fraction of sp³-hybridized carbons (Fsp3) is 0.0714. The van der Waals surface area contributed by atoms with Gasteiger partial charge in [-0.1, -0.05) is 35.3 Å². The van der Waals surface area contributed by atoms with Crippen LogP contribution in [-0.4, -0.2) is 18.0 Å². The van der Waals surface area contributed by atoms with E-state index in [0.29, 0.717) is 15.6 Å². The number of halogens is 2. The quantitative estimate of drug-likeness (QED) is 0.502. The lowest BCUT2D eigenvalue weighted by atomic mass is 10.2. The highest BCUT2D eigenvalue weighted by Crippen LogP contribution is 2.20. The zero-order chi connectivity index (χ0) is 15.9. The average Bonchev–Trinajstić information content (AvgIpc) is 2.99. The number of hydrogen-bond donors (Lipinski definition) is 2. The molecule has 2 aromatic rings. The Balaban J connectivity index is 1.82. The number of nitrogens with zero attached hydrogens (tertiary/aromatic N) is 1. The second-order valence-electron chi connectivity index (χ2n) is 4.13. The summed E-state index contributed by atoms with van der Waals surface area (Å²) in [5, 5.41) is 8.96. The van der Waals surface area contributed by atoms with Crippen molar-refractivity contribution in [2.75, 3.05) is 0 Å². The molecule has 2 N–H and O–H groups in total. The van der Waals surface area contributed by atoms with E-state index >= 15 is 0 Å². The van der Waals surface area contributed by atoms with Gasteiger partial charge >= 0.3 is 11.8 Å². The van der Waals surface area contributed by atoms with Crippen molar-refractivity contribution in [3.63, 3.8) is 0 Å². The first-order valence-electron chi connectivity index (χ1n) is 6.15. The van der Waals surface area contributed by atoms with Crippen LogP contribution in [0.25, 0.3) is 0 Å². The first-order valence-corrected chi connectivity index (χ1v) is 7.78. The van der Waals surface area contributed by atoms with Crippen LogP contribution in [0.3, 0.4) is 0 Å². The Morgan fingerprint density at radius 1 is 1.23 bits per heavy atom. The van der Waals surface area contributed by atoms with Crippen LogP contribution < -0.4 is 10.7 Å². The summed E-state index contributed by atoms with van der Waals surface area (Å²) < 4.78 is 0. The normalized spacial score (nSPS) is 10.6. The van der Waals surface area contributed by atoms with E-state index in [2.05, 4.69) is 15.8 Å². The zero-order valence-corrected chi connectivity index (χ0v) is 13.5. The lowest BCUT2D eigenvalue weighted by Crippen LogP contribution is -2.37. The standard InChI is InChI=1S/C14H11Cl2N3O2S/c15-10-4-3-9(12(16)6-10)7-17-13(20)14(21)19-18-8-11-2-1-5-22-11/h1-6,8H,7H2,(H,17,20)(H,19,21). The maximum Gasteiger partial charge on any atom is 0.329 e. The number of amides is 2. The molecule has 22 heavy (non-hydrogen) atoms. The lowest BCUT2D eigenvalue weighted by molar-refractivity contribution is -0.139. The van der Waals surface area contributed by atoms with Gasteiger partial charge in [0.05, 0.1) is 6.21 Å². The minimum absolute atomic E-state index is 0.122. The van der Waals surface area contributed by atoms with Gasteiger partial charge in [0, 0.05) is 21.5 Å². The number of hydrogen-bond acceptors (Lipinski definition) is 4. The highest BCUT2D eigenvalue weighted by atomic mass is 35.5. The van der Waals surface area contributed by atoms with Crippen molar-refractivity contribution in [2.24, 2.45) is 5.10 Å². The van der Waals surface area contributed by atoms with E-state index in [1.54, 1.807) is 18.2 Å². The van der Waals surface area contributed by atoms with Crippen LogP contribution in [0, 0.1) is 0 Å². The van der Waals surface area contributed by atoms with Crippen LogP contribution in [0.4, 0.5) is 0 Å². The van der Waals surface area contributed by atoms with Gasteiger partial charge in [0.2, 0.25) is 0 Å². The van der Waals surface area contributed by atoms with E-state index in [1.807, 2.05) is 17.5 Å². The molecule has 0 unspecified atom stereocenters. The van der Waals surface area contributed by atoms with Gasteiger partial charge in [-0.05, 0) is 29.1 Å². The molecule has 0 radical (unpaired) electrons. The van der Waals surface area contributed by atoms with Gasteiger partial charge in [0.1, 0.15) is 0 Å². The van der Waals surface area contributed by atoms with Crippen molar-refractivity contribution >= 4 is 52.6 Å². The van der Waals surface area contributed by atoms with Gasteiger partial charge in [-0.3, -0.25) is 9.59 Å². The van der Waals surface area contributed by atoms with E-state index in [1.165, 1.54) is 17.6 Å². The van der Waals surface area contributed by atoms with Crippen LogP contribution in [0.1, 0.15) is 10.4 Å². The summed E-state index contributed by atoms with van der Waals surface area (Å²) in [6.45, 7) is 0.122. The Morgan fingerprint density at radius 2 is 2.05 bits per heavy atom. The summed E-state index contributed by atoms with van der Waals surface area (Å²) in [5.74, 6) is -1.65. The molecule has 0 spiro atoms. The van der Waals surface area contributed by atoms with Crippen molar-refractivity contribution in [2.45, 2.75) is 6.54 Å². The minimum atomic E-state index is -0.849. The summed E-state index contributed by atoms with van der Waals surface area (Å²) in [6, 6.07) is 8.59. The van der Waals surface area contributed by atoms with Crippen LogP contribution in [0.2, 0.25) is 10.0 Å². The number of carbonyl (C=O) groups is 2. The smallest absolute Gasteiger partial charge is 0.329 e. The topological polar surface area (TPSA) is 70.6 Å². The molecule has 1 heterocycles. The van der Waals surface area contributed by atoms with E-state index in [4.69, 9.17) is 23.2 Å². The molecule has 0 aliphatic carbocycles. The Labute approximate surface area is 140 Å². The van der Waals surface area contributed by atoms with Crippen LogP contribution >= 0.6 is 34.5 Å². The summed E-state index contributed by atoms with van der Waals surface area (Å²) in [6.07, 6.45) is 1.46. The first-order chi connectivity index (χ1) is 10.6. The number of nitrogens with one attached hydrogen (secondary N) is 2. The van der Waals surface area contributed by atoms with Crippen molar-refractivity contribution in [1.29, 1.82) is 0 Å². The number of hydrazone groups is 1. The van der Waals surface area contributed by atoms with Gasteiger partial charge in [0.25, 0.3) is 0 Å². The molecule has 114 valence electrons. The van der Waals surface area contributed by atoms with Gasteiger partial charge in [-0.25, -0.2) is 5.43 Å². The monoisotopic (exact) mass is 355 g/mol. The SMILES string of the molecule is O=C(NCc1ccc(Cl)cc1Cl)C(=O)NN=Cc1cccs1. The highest BCUT2D eigenvalue weighted by Gasteiger charge is 2.12. The second kappa shape index (κ2) is 7.93. The molecule has 0 aliphatic rings. The number of thiophene rings is 1. The van der Waals surface area contributed by atoms with Gasteiger partial charge in [-0.15, -0.1) is 11.3 Å². The predicted molar refractivity (Wildman–Crippen MR) is 88.4 cm³/mol. The van der Waals surface area contributed by atoms with E-state index in [-0.39, 0.29) is 6.54 Å². The van der Waals surface area contributed by atoms with Gasteiger partial charge < -0.3 is 5.32 Å². The zero-order valence-electron chi connectivity index (χ0n) is 11.2. The molecule has 0 atom stereocenters. The summed E-state index contributed by atoms with van der Waals surface area (Å²) in [7, 11) is 0. The van der Waals surface area contributed by atoms with Crippen molar-refractivity contribution in [3.8, 4) is 0 Å². The predicted octanol–water partition coefficient (Wildman–Crippen LogP) is 2.82. The Bertz CT molecular complexity index is 702. The molecule has 0 bridgehead atoms. The maximum atomic E-state index is 11.6. The summed E-state index contributed by atoms with van der Waals surface area (Å²) >= 11 is 13.2. The molecule has 2 rings (SSSR count). The molecule has 2 amide bonds. The third kappa shape index (κ3) is 4.84. The van der Waals surface area contributed by atoms with Crippen LogP contribution in [0.5, 0.6) is 0 Å². The number of rotatable bonds is 4. The molecule has 0 fully saturated rings. The molecule has 0 saturated carbocycles. The van der Waals surface area contributed by atoms with E-state index < -0.39 is 11.8 Å².